The Labute approximate surface area is 212 Å². The fourth-order valence-electron chi connectivity index (χ4n) is 6.86. The van der Waals surface area contributed by atoms with Gasteiger partial charge in [0.25, 0.3) is 0 Å². The SMILES string of the molecule is COCCOCOc1cc(C(O)C#COC(=O)c2ccccc2)ccc1C12CC3CC(CC(C3)C1)C2. The topological polar surface area (TPSA) is 74.2 Å². The van der Waals surface area contributed by atoms with Gasteiger partial charge in [0.2, 0.25) is 0 Å². The van der Waals surface area contributed by atoms with Crippen LogP contribution in [-0.2, 0) is 19.6 Å². The third-order valence-electron chi connectivity index (χ3n) is 8.01. The fraction of sp³-hybridized carbons (Fsp3) is 0.500. The molecule has 2 aromatic carbocycles. The van der Waals surface area contributed by atoms with Gasteiger partial charge in [-0.3, -0.25) is 0 Å². The number of methoxy groups -OCH3 is 1. The summed E-state index contributed by atoms with van der Waals surface area (Å²) in [6, 6.07) is 14.5. The second kappa shape index (κ2) is 11.0. The third kappa shape index (κ3) is 5.44. The second-order valence-electron chi connectivity index (χ2n) is 10.5. The van der Waals surface area contributed by atoms with E-state index in [0.29, 0.717) is 24.3 Å². The Morgan fingerprint density at radius 1 is 1.03 bits per heavy atom. The van der Waals surface area contributed by atoms with Crippen LogP contribution in [0.15, 0.2) is 48.5 Å². The van der Waals surface area contributed by atoms with Gasteiger partial charge in [0.05, 0.1) is 18.8 Å². The maximum atomic E-state index is 12.1. The predicted octanol–water partition coefficient (Wildman–Crippen LogP) is 5.01. The van der Waals surface area contributed by atoms with Crippen molar-refractivity contribution >= 4 is 5.97 Å². The Morgan fingerprint density at radius 2 is 1.72 bits per heavy atom. The fourth-order valence-corrected chi connectivity index (χ4v) is 6.86. The number of aliphatic hydroxyl groups is 1. The summed E-state index contributed by atoms with van der Waals surface area (Å²) in [7, 11) is 1.64. The molecule has 4 aliphatic rings. The number of benzene rings is 2. The lowest BCUT2D eigenvalue weighted by molar-refractivity contribution is -0.0190. The smallest absolute Gasteiger partial charge is 0.352 e. The van der Waals surface area contributed by atoms with Gasteiger partial charge in [-0.2, -0.15) is 0 Å². The Kier molecular flexibility index (Phi) is 7.62. The van der Waals surface area contributed by atoms with E-state index in [0.717, 1.165) is 23.5 Å². The van der Waals surface area contributed by atoms with Crippen molar-refractivity contribution in [2.75, 3.05) is 27.1 Å². The van der Waals surface area contributed by atoms with E-state index in [1.165, 1.54) is 44.1 Å². The molecule has 4 saturated carbocycles. The second-order valence-corrected chi connectivity index (χ2v) is 10.5. The Bertz CT molecular complexity index is 1080. The summed E-state index contributed by atoms with van der Waals surface area (Å²) < 4.78 is 21.8. The Balaban J connectivity index is 1.34. The lowest BCUT2D eigenvalue weighted by atomic mass is 9.48. The molecule has 1 N–H and O–H groups in total. The minimum atomic E-state index is -1.12. The first kappa shape index (κ1) is 24.8. The van der Waals surface area contributed by atoms with Crippen LogP contribution in [0.4, 0.5) is 0 Å². The molecule has 0 heterocycles. The molecule has 0 radical (unpaired) electrons. The van der Waals surface area contributed by atoms with E-state index in [-0.39, 0.29) is 12.2 Å². The molecule has 0 saturated heterocycles. The van der Waals surface area contributed by atoms with Gasteiger partial charge < -0.3 is 24.1 Å². The van der Waals surface area contributed by atoms with E-state index in [1.54, 1.807) is 31.4 Å². The van der Waals surface area contributed by atoms with E-state index < -0.39 is 12.1 Å². The molecule has 0 aromatic heterocycles. The molecule has 4 fully saturated rings. The van der Waals surface area contributed by atoms with Gasteiger partial charge in [0.1, 0.15) is 18.0 Å². The van der Waals surface area contributed by atoms with Crippen LogP contribution < -0.4 is 4.74 Å². The van der Waals surface area contributed by atoms with Crippen LogP contribution in [0, 0.1) is 29.8 Å². The Hall–Kier alpha value is -2.85. The number of hydrogen-bond donors (Lipinski definition) is 1. The largest absolute Gasteiger partial charge is 0.467 e. The van der Waals surface area contributed by atoms with E-state index >= 15 is 0 Å². The summed E-state index contributed by atoms with van der Waals surface area (Å²) in [5.41, 5.74) is 2.36. The molecular weight excluding hydrogens is 456 g/mol. The molecule has 0 aliphatic heterocycles. The van der Waals surface area contributed by atoms with Gasteiger partial charge in [0.15, 0.2) is 6.79 Å². The van der Waals surface area contributed by atoms with Crippen molar-refractivity contribution in [2.45, 2.75) is 50.0 Å². The molecule has 190 valence electrons. The molecule has 1 atom stereocenters. The highest BCUT2D eigenvalue weighted by Gasteiger charge is 2.52. The number of ether oxygens (including phenoxy) is 4. The van der Waals surface area contributed by atoms with E-state index in [1.807, 2.05) is 18.2 Å². The van der Waals surface area contributed by atoms with Crippen LogP contribution in [0.5, 0.6) is 5.75 Å². The molecule has 1 unspecified atom stereocenters. The normalized spacial score (nSPS) is 26.7. The molecule has 6 rings (SSSR count). The highest BCUT2D eigenvalue weighted by atomic mass is 16.7. The van der Waals surface area contributed by atoms with E-state index in [4.69, 9.17) is 18.9 Å². The molecule has 2 aromatic rings. The molecule has 0 amide bonds. The summed E-state index contributed by atoms with van der Waals surface area (Å²) >= 11 is 0. The van der Waals surface area contributed by atoms with Gasteiger partial charge >= 0.3 is 5.97 Å². The van der Waals surface area contributed by atoms with Crippen molar-refractivity contribution in [3.63, 3.8) is 0 Å². The average Bonchev–Trinajstić information content (AvgIpc) is 2.88. The zero-order valence-corrected chi connectivity index (χ0v) is 20.8. The van der Waals surface area contributed by atoms with Crippen LogP contribution in [0.25, 0.3) is 0 Å². The zero-order valence-electron chi connectivity index (χ0n) is 20.8. The van der Waals surface area contributed by atoms with Gasteiger partial charge in [-0.1, -0.05) is 30.3 Å². The summed E-state index contributed by atoms with van der Waals surface area (Å²) in [5, 5.41) is 10.7. The standard InChI is InChI=1S/C30H34O6/c1-33-11-12-34-20-36-28-16-25(27(31)9-10-35-29(32)24-5-3-2-4-6-24)7-8-26(28)30-17-21-13-22(18-30)15-23(14-21)19-30/h2-8,16,21-23,27,31H,11-15,17-20H2,1H3. The number of carbonyl (C=O) groups excluding carboxylic acids is 1. The van der Waals surface area contributed by atoms with Gasteiger partial charge in [-0.25, -0.2) is 4.79 Å². The maximum Gasteiger partial charge on any atom is 0.352 e. The molecule has 6 heteroatoms. The van der Waals surface area contributed by atoms with Crippen molar-refractivity contribution in [3.8, 4) is 17.8 Å². The molecule has 4 aliphatic carbocycles. The third-order valence-corrected chi connectivity index (χ3v) is 8.01. The lowest BCUT2D eigenvalue weighted by Crippen LogP contribution is -2.48. The monoisotopic (exact) mass is 490 g/mol. The van der Waals surface area contributed by atoms with Gasteiger partial charge in [-0.15, -0.1) is 0 Å². The van der Waals surface area contributed by atoms with Crippen molar-refractivity contribution in [3.05, 3.63) is 65.2 Å². The minimum Gasteiger partial charge on any atom is -0.467 e. The molecule has 36 heavy (non-hydrogen) atoms. The minimum absolute atomic E-state index is 0.114. The summed E-state index contributed by atoms with van der Waals surface area (Å²) in [5.74, 6) is 5.23. The predicted molar refractivity (Wildman–Crippen MR) is 134 cm³/mol. The first-order valence-electron chi connectivity index (χ1n) is 12.8. The number of hydrogen-bond acceptors (Lipinski definition) is 6. The number of carbonyl (C=O) groups is 1. The van der Waals surface area contributed by atoms with E-state index in [2.05, 4.69) is 18.1 Å². The Morgan fingerprint density at radius 3 is 2.39 bits per heavy atom. The first-order valence-corrected chi connectivity index (χ1v) is 12.8. The quantitative estimate of drug-likeness (QED) is 0.231. The van der Waals surface area contributed by atoms with Crippen LogP contribution in [-0.4, -0.2) is 38.2 Å². The van der Waals surface area contributed by atoms with Crippen molar-refractivity contribution in [1.29, 1.82) is 0 Å². The molecule has 4 bridgehead atoms. The van der Waals surface area contributed by atoms with Crippen molar-refractivity contribution in [1.82, 2.24) is 0 Å². The maximum absolute atomic E-state index is 12.1. The van der Waals surface area contributed by atoms with Crippen LogP contribution in [0.2, 0.25) is 0 Å². The number of aliphatic hydroxyl groups excluding tert-OH is 1. The summed E-state index contributed by atoms with van der Waals surface area (Å²) in [6.07, 6.45) is 8.96. The molecule has 0 spiro atoms. The number of rotatable bonds is 9. The highest BCUT2D eigenvalue weighted by Crippen LogP contribution is 2.62. The van der Waals surface area contributed by atoms with Crippen LogP contribution in [0.3, 0.4) is 0 Å². The van der Waals surface area contributed by atoms with Crippen molar-refractivity contribution in [2.24, 2.45) is 17.8 Å². The van der Waals surface area contributed by atoms with Crippen LogP contribution in [0.1, 0.15) is 66.1 Å². The van der Waals surface area contributed by atoms with Crippen LogP contribution >= 0.6 is 0 Å². The summed E-state index contributed by atoms with van der Waals surface area (Å²) in [4.78, 5) is 12.1. The van der Waals surface area contributed by atoms with Gasteiger partial charge in [-0.05, 0) is 91.4 Å². The van der Waals surface area contributed by atoms with Gasteiger partial charge in [0, 0.05) is 12.7 Å². The molecular formula is C30H34O6. The van der Waals surface area contributed by atoms with Crippen molar-refractivity contribution < 1.29 is 28.8 Å². The summed E-state index contributed by atoms with van der Waals surface area (Å²) in [6.45, 7) is 1.06. The number of esters is 1. The highest BCUT2D eigenvalue weighted by molar-refractivity contribution is 5.89. The average molecular weight is 491 g/mol. The lowest BCUT2D eigenvalue weighted by Gasteiger charge is -2.57. The molecule has 6 nitrogen and oxygen atoms in total. The first-order chi connectivity index (χ1) is 17.6. The zero-order chi connectivity index (χ0) is 25.0. The van der Waals surface area contributed by atoms with E-state index in [9.17, 15) is 9.90 Å².